The van der Waals surface area contributed by atoms with Crippen molar-refractivity contribution in [2.24, 2.45) is 0 Å². The van der Waals surface area contributed by atoms with E-state index in [9.17, 15) is 4.79 Å². The van der Waals surface area contributed by atoms with Crippen LogP contribution in [0, 0.1) is 0 Å². The van der Waals surface area contributed by atoms with Crippen LogP contribution in [-0.4, -0.2) is 69.9 Å². The lowest BCUT2D eigenvalue weighted by atomic mass is 10.3. The van der Waals surface area contributed by atoms with Crippen molar-refractivity contribution in [3.63, 3.8) is 0 Å². The molecule has 0 aliphatic carbocycles. The van der Waals surface area contributed by atoms with Gasteiger partial charge in [0.2, 0.25) is 5.82 Å². The lowest BCUT2D eigenvalue weighted by Gasteiger charge is -2.26. The maximum atomic E-state index is 12.5. The number of amides is 1. The molecule has 9 nitrogen and oxygen atoms in total. The standard InChI is InChI=1S/C23H23ClN6O3S2/c24-16-4-1-2-5-18(16)30-21(19-6-3-11-33-19)27-28-23(30)35-15-20-26-17(14-34-20)22(31)25-7-8-29-9-12-32-13-10-29/h1-6,11,14H,7-10,12-13,15H2,(H,25,31). The fourth-order valence-corrected chi connectivity index (χ4v) is 5.59. The summed E-state index contributed by atoms with van der Waals surface area (Å²) in [6.07, 6.45) is 1.59. The summed E-state index contributed by atoms with van der Waals surface area (Å²) in [7, 11) is 0. The minimum Gasteiger partial charge on any atom is -0.461 e. The van der Waals surface area contributed by atoms with E-state index >= 15 is 0 Å². The first-order valence-electron chi connectivity index (χ1n) is 11.1. The summed E-state index contributed by atoms with van der Waals surface area (Å²) in [5.41, 5.74) is 1.18. The average molecular weight is 531 g/mol. The Morgan fingerprint density at radius 3 is 2.83 bits per heavy atom. The SMILES string of the molecule is O=C(NCCN1CCOCC1)c1csc(CSc2nnc(-c3ccco3)n2-c2ccccc2Cl)n1. The number of nitrogens with one attached hydrogen (secondary N) is 1. The number of rotatable bonds is 9. The van der Waals surface area contributed by atoms with Crippen LogP contribution >= 0.6 is 34.7 Å². The van der Waals surface area contributed by atoms with Gasteiger partial charge in [-0.05, 0) is 24.3 Å². The summed E-state index contributed by atoms with van der Waals surface area (Å²) in [4.78, 5) is 19.3. The number of hydrogen-bond donors (Lipinski definition) is 1. The second kappa shape index (κ2) is 11.4. The molecule has 1 amide bonds. The molecule has 1 N–H and O–H groups in total. The van der Waals surface area contributed by atoms with Crippen LogP contribution in [0.1, 0.15) is 15.5 Å². The number of para-hydroxylation sites is 1. The molecule has 0 unspecified atom stereocenters. The molecule has 1 aliphatic rings. The highest BCUT2D eigenvalue weighted by atomic mass is 35.5. The molecular weight excluding hydrogens is 508 g/mol. The Labute approximate surface area is 215 Å². The summed E-state index contributed by atoms with van der Waals surface area (Å²) >= 11 is 9.40. The highest BCUT2D eigenvalue weighted by molar-refractivity contribution is 7.98. The lowest BCUT2D eigenvalue weighted by molar-refractivity contribution is 0.0383. The number of morpholine rings is 1. The number of ether oxygens (including phenoxy) is 1. The minimum atomic E-state index is -0.162. The van der Waals surface area contributed by atoms with E-state index in [0.29, 0.717) is 39.8 Å². The number of thioether (sulfide) groups is 1. The van der Waals surface area contributed by atoms with Crippen molar-refractivity contribution in [3.05, 3.63) is 63.8 Å². The second-order valence-corrected chi connectivity index (χ2v) is 9.99. The van der Waals surface area contributed by atoms with E-state index in [1.165, 1.54) is 23.1 Å². The zero-order chi connectivity index (χ0) is 24.0. The van der Waals surface area contributed by atoms with Crippen LogP contribution in [0.5, 0.6) is 0 Å². The van der Waals surface area contributed by atoms with Crippen molar-refractivity contribution in [3.8, 4) is 17.3 Å². The van der Waals surface area contributed by atoms with Gasteiger partial charge in [-0.15, -0.1) is 21.5 Å². The average Bonchev–Trinajstić information content (AvgIpc) is 3.64. The number of aromatic nitrogens is 4. The molecule has 1 aliphatic heterocycles. The number of benzene rings is 1. The summed E-state index contributed by atoms with van der Waals surface area (Å²) < 4.78 is 12.8. The summed E-state index contributed by atoms with van der Waals surface area (Å²) in [5.74, 6) is 1.52. The van der Waals surface area contributed by atoms with Gasteiger partial charge in [-0.25, -0.2) is 4.98 Å². The number of thiazole rings is 1. The number of hydrogen-bond acceptors (Lipinski definition) is 9. The molecule has 0 atom stereocenters. The Balaban J connectivity index is 1.25. The van der Waals surface area contributed by atoms with E-state index in [4.69, 9.17) is 20.8 Å². The first-order chi connectivity index (χ1) is 17.2. The Bertz CT molecular complexity index is 1270. The predicted molar refractivity (Wildman–Crippen MR) is 135 cm³/mol. The minimum absolute atomic E-state index is 0.162. The van der Waals surface area contributed by atoms with Crippen molar-refractivity contribution in [2.45, 2.75) is 10.9 Å². The molecule has 0 radical (unpaired) electrons. The summed E-state index contributed by atoms with van der Waals surface area (Å²) in [6.45, 7) is 4.67. The first-order valence-corrected chi connectivity index (χ1v) is 13.3. The van der Waals surface area contributed by atoms with Crippen LogP contribution in [0.25, 0.3) is 17.3 Å². The van der Waals surface area contributed by atoms with E-state index in [0.717, 1.165) is 43.5 Å². The highest BCUT2D eigenvalue weighted by Crippen LogP contribution is 2.33. The molecule has 1 aromatic carbocycles. The molecule has 0 bridgehead atoms. The molecule has 35 heavy (non-hydrogen) atoms. The Morgan fingerprint density at radius 2 is 2.03 bits per heavy atom. The highest BCUT2D eigenvalue weighted by Gasteiger charge is 2.20. The predicted octanol–water partition coefficient (Wildman–Crippen LogP) is 3.99. The van der Waals surface area contributed by atoms with Gasteiger partial charge in [-0.1, -0.05) is 35.5 Å². The van der Waals surface area contributed by atoms with E-state index in [2.05, 4.69) is 25.4 Å². The second-order valence-electron chi connectivity index (χ2n) is 7.70. The van der Waals surface area contributed by atoms with Gasteiger partial charge in [0.25, 0.3) is 5.91 Å². The Hall–Kier alpha value is -2.70. The zero-order valence-electron chi connectivity index (χ0n) is 18.7. The largest absolute Gasteiger partial charge is 0.461 e. The quantitative estimate of drug-likeness (QED) is 0.324. The molecule has 0 saturated carbocycles. The van der Waals surface area contributed by atoms with Crippen LogP contribution in [-0.2, 0) is 10.5 Å². The van der Waals surface area contributed by atoms with Gasteiger partial charge in [0, 0.05) is 31.6 Å². The lowest BCUT2D eigenvalue weighted by Crippen LogP contribution is -2.41. The zero-order valence-corrected chi connectivity index (χ0v) is 21.1. The van der Waals surface area contributed by atoms with Crippen molar-refractivity contribution >= 4 is 40.6 Å². The van der Waals surface area contributed by atoms with E-state index in [1.54, 1.807) is 17.7 Å². The monoisotopic (exact) mass is 530 g/mol. The molecule has 1 fully saturated rings. The summed E-state index contributed by atoms with van der Waals surface area (Å²) in [6, 6.07) is 11.1. The smallest absolute Gasteiger partial charge is 0.270 e. The van der Waals surface area contributed by atoms with Crippen molar-refractivity contribution in [1.82, 2.24) is 30.0 Å². The number of carbonyl (C=O) groups excluding carboxylic acids is 1. The van der Waals surface area contributed by atoms with Gasteiger partial charge in [-0.3, -0.25) is 14.3 Å². The first kappa shape index (κ1) is 24.0. The van der Waals surface area contributed by atoms with Crippen LogP contribution in [0.4, 0.5) is 0 Å². The molecule has 4 heterocycles. The molecule has 182 valence electrons. The third-order valence-corrected chi connectivity index (χ3v) is 7.69. The van der Waals surface area contributed by atoms with Crippen LogP contribution < -0.4 is 5.32 Å². The van der Waals surface area contributed by atoms with Gasteiger partial charge >= 0.3 is 0 Å². The fraction of sp³-hybridized carbons (Fsp3) is 0.304. The molecule has 1 saturated heterocycles. The van der Waals surface area contributed by atoms with Gasteiger partial charge < -0.3 is 14.5 Å². The maximum Gasteiger partial charge on any atom is 0.270 e. The maximum absolute atomic E-state index is 12.5. The van der Waals surface area contributed by atoms with Gasteiger partial charge in [0.1, 0.15) is 10.7 Å². The normalized spacial score (nSPS) is 14.3. The molecular formula is C23H23ClN6O3S2. The topological polar surface area (TPSA) is 98.3 Å². The number of nitrogens with zero attached hydrogens (tertiary/aromatic N) is 5. The Kier molecular flexibility index (Phi) is 7.79. The third-order valence-electron chi connectivity index (χ3n) is 5.39. The van der Waals surface area contributed by atoms with Crippen LogP contribution in [0.2, 0.25) is 5.02 Å². The van der Waals surface area contributed by atoms with Crippen molar-refractivity contribution in [1.29, 1.82) is 0 Å². The van der Waals surface area contributed by atoms with Crippen molar-refractivity contribution < 1.29 is 13.9 Å². The number of furan rings is 1. The molecule has 12 heteroatoms. The van der Waals surface area contributed by atoms with Gasteiger partial charge in [0.05, 0.1) is 35.9 Å². The van der Waals surface area contributed by atoms with E-state index in [1.807, 2.05) is 34.9 Å². The number of halogens is 1. The molecule has 0 spiro atoms. The van der Waals surface area contributed by atoms with Crippen LogP contribution in [0.15, 0.2) is 57.6 Å². The Morgan fingerprint density at radius 1 is 1.17 bits per heavy atom. The summed E-state index contributed by atoms with van der Waals surface area (Å²) in [5, 5.41) is 15.5. The van der Waals surface area contributed by atoms with Gasteiger partial charge in [0.15, 0.2) is 10.9 Å². The van der Waals surface area contributed by atoms with Gasteiger partial charge in [-0.2, -0.15) is 0 Å². The molecule has 5 rings (SSSR count). The fourth-order valence-electron chi connectivity index (χ4n) is 3.63. The van der Waals surface area contributed by atoms with E-state index in [-0.39, 0.29) is 5.91 Å². The molecule has 4 aromatic rings. The number of carbonyl (C=O) groups is 1. The van der Waals surface area contributed by atoms with E-state index < -0.39 is 0 Å². The van der Waals surface area contributed by atoms with Crippen LogP contribution in [0.3, 0.4) is 0 Å². The third kappa shape index (κ3) is 5.76. The molecule has 3 aromatic heterocycles. The van der Waals surface area contributed by atoms with Crippen molar-refractivity contribution in [2.75, 3.05) is 39.4 Å².